The van der Waals surface area contributed by atoms with Crippen LogP contribution in [-0.4, -0.2) is 38.5 Å². The molecule has 1 aliphatic carbocycles. The van der Waals surface area contributed by atoms with Crippen molar-refractivity contribution < 1.29 is 9.90 Å². The summed E-state index contributed by atoms with van der Waals surface area (Å²) in [5.41, 5.74) is 5.02. The number of likely N-dealkylation sites (tertiary alicyclic amines) is 1. The third kappa shape index (κ3) is 2.30. The van der Waals surface area contributed by atoms with E-state index in [9.17, 15) is 9.90 Å². The Labute approximate surface area is 145 Å². The third-order valence-electron chi connectivity index (χ3n) is 5.67. The van der Waals surface area contributed by atoms with Crippen LogP contribution in [0.1, 0.15) is 40.2 Å². The number of imidazole rings is 1. The number of nitrogens with zero attached hydrogens (tertiary/aromatic N) is 2. The number of aromatic nitrogens is 2. The van der Waals surface area contributed by atoms with Gasteiger partial charge < -0.3 is 15.0 Å². The largest absolute Gasteiger partial charge is 0.508 e. The molecule has 2 heterocycles. The number of phenolic OH excluding ortho intramolecular Hbond substituents is 1. The summed E-state index contributed by atoms with van der Waals surface area (Å²) in [5, 5.41) is 9.77. The third-order valence-corrected chi connectivity index (χ3v) is 5.67. The first-order valence-corrected chi connectivity index (χ1v) is 8.75. The molecule has 1 saturated heterocycles. The average Bonchev–Trinajstić information content (AvgIpc) is 3.10. The van der Waals surface area contributed by atoms with Crippen molar-refractivity contribution in [3.63, 3.8) is 0 Å². The minimum atomic E-state index is 0.0992. The molecule has 126 valence electrons. The molecule has 3 aromatic rings. The number of aromatic hydroxyl groups is 1. The van der Waals surface area contributed by atoms with Gasteiger partial charge in [0.25, 0.3) is 5.91 Å². The molecule has 5 heteroatoms. The first-order chi connectivity index (χ1) is 12.2. The Morgan fingerprint density at radius 2 is 2.16 bits per heavy atom. The quantitative estimate of drug-likeness (QED) is 0.718. The van der Waals surface area contributed by atoms with Crippen LogP contribution in [0.25, 0.3) is 11.0 Å². The first kappa shape index (κ1) is 14.5. The maximum atomic E-state index is 13.1. The van der Waals surface area contributed by atoms with E-state index in [0.29, 0.717) is 17.2 Å². The Hall–Kier alpha value is -2.82. The molecular formula is C20H19N3O2. The Balaban J connectivity index is 1.45. The van der Waals surface area contributed by atoms with Gasteiger partial charge >= 0.3 is 0 Å². The highest BCUT2D eigenvalue weighted by Gasteiger charge is 2.37. The average molecular weight is 333 g/mol. The molecule has 2 N–H and O–H groups in total. The van der Waals surface area contributed by atoms with Gasteiger partial charge in [0.05, 0.1) is 17.4 Å². The number of carbonyl (C=O) groups excluding carboxylic acids is 1. The number of aromatic amines is 1. The smallest absolute Gasteiger partial charge is 0.254 e. The van der Waals surface area contributed by atoms with Crippen LogP contribution in [0.3, 0.4) is 0 Å². The highest BCUT2D eigenvalue weighted by atomic mass is 16.3. The van der Waals surface area contributed by atoms with Gasteiger partial charge in [-0.3, -0.25) is 4.79 Å². The van der Waals surface area contributed by atoms with E-state index in [4.69, 9.17) is 0 Å². The van der Waals surface area contributed by atoms with Gasteiger partial charge in [0.1, 0.15) is 5.75 Å². The summed E-state index contributed by atoms with van der Waals surface area (Å²) in [4.78, 5) is 22.4. The summed E-state index contributed by atoms with van der Waals surface area (Å²) in [6, 6.07) is 11.6. The molecule has 1 aliphatic heterocycles. The van der Waals surface area contributed by atoms with Crippen molar-refractivity contribution >= 4 is 16.9 Å². The van der Waals surface area contributed by atoms with E-state index in [2.05, 4.69) is 9.97 Å². The van der Waals surface area contributed by atoms with Crippen LogP contribution < -0.4 is 0 Å². The Kier molecular flexibility index (Phi) is 3.10. The lowest BCUT2D eigenvalue weighted by atomic mass is 9.75. The lowest BCUT2D eigenvalue weighted by Crippen LogP contribution is -2.48. The minimum absolute atomic E-state index is 0.0992. The van der Waals surface area contributed by atoms with Crippen LogP contribution in [0.5, 0.6) is 5.75 Å². The fourth-order valence-electron chi connectivity index (χ4n) is 4.43. The number of rotatable bonds is 1. The molecule has 0 saturated carbocycles. The van der Waals surface area contributed by atoms with Crippen LogP contribution in [0, 0.1) is 0 Å². The molecule has 2 aromatic carbocycles. The summed E-state index contributed by atoms with van der Waals surface area (Å²) < 4.78 is 0. The molecule has 2 unspecified atom stereocenters. The van der Waals surface area contributed by atoms with Crippen molar-refractivity contribution in [1.82, 2.24) is 14.9 Å². The Morgan fingerprint density at radius 3 is 3.08 bits per heavy atom. The zero-order valence-corrected chi connectivity index (χ0v) is 13.8. The monoisotopic (exact) mass is 333 g/mol. The maximum absolute atomic E-state index is 13.1. The lowest BCUT2D eigenvalue weighted by Gasteiger charge is -2.44. The van der Waals surface area contributed by atoms with Gasteiger partial charge in [-0.1, -0.05) is 6.07 Å². The molecule has 5 rings (SSSR count). The molecule has 1 aromatic heterocycles. The fraction of sp³-hybridized carbons (Fsp3) is 0.300. The van der Waals surface area contributed by atoms with Crippen molar-refractivity contribution in [2.24, 2.45) is 0 Å². The number of hydrogen-bond donors (Lipinski definition) is 2. The van der Waals surface area contributed by atoms with Crippen molar-refractivity contribution in [1.29, 1.82) is 0 Å². The van der Waals surface area contributed by atoms with Crippen LogP contribution >= 0.6 is 0 Å². The van der Waals surface area contributed by atoms with Crippen molar-refractivity contribution in [3.05, 3.63) is 59.4 Å². The number of hydrogen-bond acceptors (Lipinski definition) is 3. The number of fused-ring (bicyclic) bond motifs is 5. The summed E-state index contributed by atoms with van der Waals surface area (Å²) in [6.07, 6.45) is 4.45. The number of carbonyl (C=O) groups is 1. The Morgan fingerprint density at radius 1 is 1.24 bits per heavy atom. The fourth-order valence-corrected chi connectivity index (χ4v) is 4.43. The van der Waals surface area contributed by atoms with Crippen LogP contribution in [0.4, 0.5) is 0 Å². The van der Waals surface area contributed by atoms with Gasteiger partial charge in [-0.2, -0.15) is 0 Å². The van der Waals surface area contributed by atoms with Crippen LogP contribution in [0.15, 0.2) is 42.7 Å². The zero-order chi connectivity index (χ0) is 17.0. The second-order valence-corrected chi connectivity index (χ2v) is 7.10. The van der Waals surface area contributed by atoms with E-state index in [-0.39, 0.29) is 11.9 Å². The van der Waals surface area contributed by atoms with Gasteiger partial charge in [-0.05, 0) is 66.6 Å². The van der Waals surface area contributed by atoms with Gasteiger partial charge in [0.15, 0.2) is 0 Å². The first-order valence-electron chi connectivity index (χ1n) is 8.75. The summed E-state index contributed by atoms with van der Waals surface area (Å²) in [7, 11) is 0. The van der Waals surface area contributed by atoms with Gasteiger partial charge in [-0.25, -0.2) is 4.98 Å². The molecule has 2 aliphatic rings. The highest BCUT2D eigenvalue weighted by Crippen LogP contribution is 2.41. The molecular weight excluding hydrogens is 314 g/mol. The molecule has 2 atom stereocenters. The minimum Gasteiger partial charge on any atom is -0.508 e. The van der Waals surface area contributed by atoms with E-state index in [1.807, 2.05) is 35.2 Å². The zero-order valence-electron chi connectivity index (χ0n) is 13.8. The van der Waals surface area contributed by atoms with E-state index >= 15 is 0 Å². The molecule has 2 bridgehead atoms. The predicted molar refractivity (Wildman–Crippen MR) is 94.7 cm³/mol. The molecule has 25 heavy (non-hydrogen) atoms. The second kappa shape index (κ2) is 5.34. The van der Waals surface area contributed by atoms with Crippen molar-refractivity contribution in [2.45, 2.75) is 31.2 Å². The number of amides is 1. The molecule has 0 radical (unpaired) electrons. The van der Waals surface area contributed by atoms with E-state index in [1.54, 1.807) is 12.4 Å². The normalized spacial score (nSPS) is 22.0. The highest BCUT2D eigenvalue weighted by molar-refractivity contribution is 5.97. The number of benzene rings is 2. The summed E-state index contributed by atoms with van der Waals surface area (Å²) in [6.45, 7) is 0.768. The van der Waals surface area contributed by atoms with Crippen molar-refractivity contribution in [2.75, 3.05) is 6.54 Å². The predicted octanol–water partition coefficient (Wildman–Crippen LogP) is 3.21. The van der Waals surface area contributed by atoms with Crippen LogP contribution in [-0.2, 0) is 6.42 Å². The topological polar surface area (TPSA) is 69.2 Å². The standard InChI is InChI=1S/C20H19N3O2/c24-16-3-1-12-7-15-8-13(17(12)10-16)5-6-23(15)20(25)14-2-4-18-19(9-14)22-11-21-18/h1-4,9-11,13,15,24H,5-8H2,(H,21,22). The maximum Gasteiger partial charge on any atom is 0.254 e. The molecule has 5 nitrogen and oxygen atoms in total. The summed E-state index contributed by atoms with van der Waals surface area (Å²) >= 11 is 0. The second-order valence-electron chi connectivity index (χ2n) is 7.10. The SMILES string of the molecule is O=C(c1ccc2nc[nH]c2c1)N1CCC2CC1Cc1ccc(O)cc12. The number of H-pyrrole nitrogens is 1. The molecule has 1 amide bonds. The van der Waals surface area contributed by atoms with Gasteiger partial charge in [0, 0.05) is 18.2 Å². The molecule has 0 spiro atoms. The van der Waals surface area contributed by atoms with Gasteiger partial charge in [-0.15, -0.1) is 0 Å². The lowest BCUT2D eigenvalue weighted by molar-refractivity contribution is 0.0574. The van der Waals surface area contributed by atoms with Gasteiger partial charge in [0.2, 0.25) is 0 Å². The Bertz CT molecular complexity index is 978. The number of piperidine rings is 1. The number of nitrogens with one attached hydrogen (secondary N) is 1. The molecule has 1 fully saturated rings. The van der Waals surface area contributed by atoms with E-state index in [1.165, 1.54) is 11.1 Å². The van der Waals surface area contributed by atoms with E-state index in [0.717, 1.165) is 36.8 Å². The summed E-state index contributed by atoms with van der Waals surface area (Å²) in [5.74, 6) is 0.880. The van der Waals surface area contributed by atoms with Crippen LogP contribution in [0.2, 0.25) is 0 Å². The number of phenols is 1. The van der Waals surface area contributed by atoms with E-state index < -0.39 is 0 Å². The van der Waals surface area contributed by atoms with Crippen molar-refractivity contribution in [3.8, 4) is 5.75 Å².